The second kappa shape index (κ2) is 7.59. The minimum atomic E-state index is -0.245. The fraction of sp³-hybridized carbons (Fsp3) is 0.455. The van der Waals surface area contributed by atoms with Crippen LogP contribution in [0.15, 0.2) is 24.3 Å². The van der Waals surface area contributed by atoms with E-state index in [1.165, 1.54) is 5.56 Å². The highest BCUT2D eigenvalue weighted by Gasteiger charge is 2.16. The van der Waals surface area contributed by atoms with Crippen molar-refractivity contribution in [2.75, 3.05) is 14.2 Å². The highest BCUT2D eigenvalue weighted by molar-refractivity contribution is 6.61. The lowest BCUT2D eigenvalue weighted by atomic mass is 9.79. The molecule has 0 atom stereocenters. The van der Waals surface area contributed by atoms with Crippen molar-refractivity contribution in [3.63, 3.8) is 0 Å². The summed E-state index contributed by atoms with van der Waals surface area (Å²) in [5.74, 6) is 0. The fourth-order valence-electron chi connectivity index (χ4n) is 1.09. The van der Waals surface area contributed by atoms with Crippen molar-refractivity contribution < 1.29 is 9.31 Å². The van der Waals surface area contributed by atoms with Crippen LogP contribution < -0.4 is 5.46 Å². The highest BCUT2D eigenvalue weighted by Crippen LogP contribution is 1.95. The van der Waals surface area contributed by atoms with Crippen LogP contribution in [0.5, 0.6) is 0 Å². The predicted molar refractivity (Wildman–Crippen MR) is 61.9 cm³/mol. The number of hydrogen-bond donors (Lipinski definition) is 0. The third-order valence-electron chi connectivity index (χ3n) is 1.78. The summed E-state index contributed by atoms with van der Waals surface area (Å²) in [5.41, 5.74) is 2.29. The minimum Gasteiger partial charge on any atom is -0.410 e. The summed E-state index contributed by atoms with van der Waals surface area (Å²) in [6, 6.07) is 8.10. The van der Waals surface area contributed by atoms with Gasteiger partial charge in [0.1, 0.15) is 0 Å². The zero-order valence-corrected chi connectivity index (χ0v) is 9.70. The summed E-state index contributed by atoms with van der Waals surface area (Å²) in [4.78, 5) is 0. The Balaban J connectivity index is 0.000000791. The maximum atomic E-state index is 5.10. The third kappa shape index (κ3) is 3.94. The molecule has 0 aliphatic rings. The summed E-state index contributed by atoms with van der Waals surface area (Å²) in [7, 11) is 3.02. The van der Waals surface area contributed by atoms with Gasteiger partial charge in [0.2, 0.25) is 0 Å². The van der Waals surface area contributed by atoms with E-state index in [-0.39, 0.29) is 7.12 Å². The van der Waals surface area contributed by atoms with Crippen LogP contribution >= 0.6 is 0 Å². The van der Waals surface area contributed by atoms with Crippen LogP contribution in [0.25, 0.3) is 0 Å². The van der Waals surface area contributed by atoms with Crippen LogP contribution in [0, 0.1) is 6.92 Å². The third-order valence-corrected chi connectivity index (χ3v) is 1.78. The van der Waals surface area contributed by atoms with Gasteiger partial charge in [0.15, 0.2) is 0 Å². The lowest BCUT2D eigenvalue weighted by molar-refractivity contribution is 0.292. The molecular weight excluding hydrogens is 175 g/mol. The van der Waals surface area contributed by atoms with Gasteiger partial charge in [-0.1, -0.05) is 43.7 Å². The molecule has 2 nitrogen and oxygen atoms in total. The van der Waals surface area contributed by atoms with Crippen molar-refractivity contribution in [3.05, 3.63) is 29.8 Å². The van der Waals surface area contributed by atoms with Crippen molar-refractivity contribution in [1.29, 1.82) is 0 Å². The van der Waals surface area contributed by atoms with Gasteiger partial charge < -0.3 is 9.31 Å². The summed E-state index contributed by atoms with van der Waals surface area (Å²) < 4.78 is 10.2. The van der Waals surface area contributed by atoms with Gasteiger partial charge >= 0.3 is 7.12 Å². The normalized spacial score (nSPS) is 8.93. The van der Waals surface area contributed by atoms with Crippen molar-refractivity contribution >= 4 is 12.6 Å². The Bertz CT molecular complexity index is 230. The molecule has 0 aliphatic carbocycles. The second-order valence-electron chi connectivity index (χ2n) is 2.71. The zero-order valence-electron chi connectivity index (χ0n) is 9.70. The van der Waals surface area contributed by atoms with Crippen LogP contribution in [-0.2, 0) is 9.31 Å². The van der Waals surface area contributed by atoms with Gasteiger partial charge in [-0.25, -0.2) is 0 Å². The summed E-state index contributed by atoms with van der Waals surface area (Å²) in [5, 5.41) is 0. The SMILES string of the molecule is CC.COB(OC)c1ccc(C)cc1. The first kappa shape index (κ1) is 13.2. The van der Waals surface area contributed by atoms with Crippen LogP contribution in [0.3, 0.4) is 0 Å². The van der Waals surface area contributed by atoms with E-state index < -0.39 is 0 Å². The smallest absolute Gasteiger partial charge is 0.410 e. The monoisotopic (exact) mass is 194 g/mol. The van der Waals surface area contributed by atoms with Gasteiger partial charge in [-0.2, -0.15) is 0 Å². The van der Waals surface area contributed by atoms with E-state index in [1.54, 1.807) is 14.2 Å². The van der Waals surface area contributed by atoms with Crippen molar-refractivity contribution in [2.24, 2.45) is 0 Å². The van der Waals surface area contributed by atoms with E-state index in [2.05, 4.69) is 6.92 Å². The summed E-state index contributed by atoms with van der Waals surface area (Å²) in [6.07, 6.45) is 0. The number of benzene rings is 1. The van der Waals surface area contributed by atoms with Gasteiger partial charge in [-0.05, 0) is 12.4 Å². The van der Waals surface area contributed by atoms with Crippen molar-refractivity contribution in [1.82, 2.24) is 0 Å². The maximum Gasteiger partial charge on any atom is 0.493 e. The molecule has 0 radical (unpaired) electrons. The molecule has 1 aromatic carbocycles. The largest absolute Gasteiger partial charge is 0.493 e. The zero-order chi connectivity index (χ0) is 11.0. The van der Waals surface area contributed by atoms with Gasteiger partial charge in [-0.15, -0.1) is 0 Å². The minimum absolute atomic E-state index is 0.245. The first-order chi connectivity index (χ1) is 6.77. The first-order valence-electron chi connectivity index (χ1n) is 4.90. The summed E-state index contributed by atoms with van der Waals surface area (Å²) >= 11 is 0. The Hall–Kier alpha value is -0.795. The maximum absolute atomic E-state index is 5.10. The molecule has 0 unspecified atom stereocenters. The van der Waals surface area contributed by atoms with Crippen LogP contribution in [-0.4, -0.2) is 21.3 Å². The Morgan fingerprint density at radius 1 is 0.929 bits per heavy atom. The molecule has 0 heterocycles. The predicted octanol–water partition coefficient (Wildman–Crippen LogP) is 2.01. The molecule has 0 amide bonds. The summed E-state index contributed by atoms with van der Waals surface area (Å²) in [6.45, 7) is 6.05. The van der Waals surface area contributed by atoms with E-state index in [0.717, 1.165) is 5.46 Å². The first-order valence-corrected chi connectivity index (χ1v) is 4.90. The quantitative estimate of drug-likeness (QED) is 0.685. The van der Waals surface area contributed by atoms with Crippen molar-refractivity contribution in [3.8, 4) is 0 Å². The van der Waals surface area contributed by atoms with E-state index in [1.807, 2.05) is 38.1 Å². The molecule has 14 heavy (non-hydrogen) atoms. The molecule has 0 saturated heterocycles. The lowest BCUT2D eigenvalue weighted by Gasteiger charge is -2.07. The number of aryl methyl sites for hydroxylation is 1. The molecule has 0 aromatic heterocycles. The molecule has 0 saturated carbocycles. The average molecular weight is 194 g/mol. The van der Waals surface area contributed by atoms with E-state index in [9.17, 15) is 0 Å². The van der Waals surface area contributed by atoms with E-state index in [4.69, 9.17) is 9.31 Å². The Morgan fingerprint density at radius 3 is 1.71 bits per heavy atom. The molecule has 0 N–H and O–H groups in total. The van der Waals surface area contributed by atoms with Crippen LogP contribution in [0.2, 0.25) is 0 Å². The number of rotatable bonds is 3. The molecule has 0 spiro atoms. The van der Waals surface area contributed by atoms with Crippen molar-refractivity contribution in [2.45, 2.75) is 20.8 Å². The standard InChI is InChI=1S/C9H13BO2.C2H6/c1-8-4-6-9(7-5-8)10(11-2)12-3;1-2/h4-7H,1-3H3;1-2H3. The highest BCUT2D eigenvalue weighted by atomic mass is 16.6. The second-order valence-corrected chi connectivity index (χ2v) is 2.71. The molecule has 1 aromatic rings. The molecule has 0 fully saturated rings. The van der Waals surface area contributed by atoms with E-state index in [0.29, 0.717) is 0 Å². The van der Waals surface area contributed by atoms with Crippen LogP contribution in [0.4, 0.5) is 0 Å². The molecule has 78 valence electrons. The van der Waals surface area contributed by atoms with E-state index >= 15 is 0 Å². The van der Waals surface area contributed by atoms with Gasteiger partial charge in [-0.3, -0.25) is 0 Å². The Morgan fingerprint density at radius 2 is 1.36 bits per heavy atom. The Kier molecular flexibility index (Phi) is 7.16. The number of hydrogen-bond acceptors (Lipinski definition) is 2. The molecule has 1 rings (SSSR count). The fourth-order valence-corrected chi connectivity index (χ4v) is 1.09. The molecular formula is C11H19BO2. The topological polar surface area (TPSA) is 18.5 Å². The van der Waals surface area contributed by atoms with Gasteiger partial charge in [0.05, 0.1) is 0 Å². The molecule has 3 heteroatoms. The molecule has 0 aliphatic heterocycles. The Labute approximate surface area is 87.4 Å². The van der Waals surface area contributed by atoms with Crippen LogP contribution in [0.1, 0.15) is 19.4 Å². The van der Waals surface area contributed by atoms with Gasteiger partial charge in [0, 0.05) is 14.2 Å². The lowest BCUT2D eigenvalue weighted by Crippen LogP contribution is -2.34. The van der Waals surface area contributed by atoms with Gasteiger partial charge in [0.25, 0.3) is 0 Å². The molecule has 0 bridgehead atoms. The average Bonchev–Trinajstić information content (AvgIpc) is 2.25.